The Labute approximate surface area is 138 Å². The topological polar surface area (TPSA) is 37.4 Å². The summed E-state index contributed by atoms with van der Waals surface area (Å²) in [6.07, 6.45) is 0.581. The fraction of sp³-hybridized carbons (Fsp3) is 0.400. The third-order valence-corrected chi connectivity index (χ3v) is 4.08. The minimum Gasteiger partial charge on any atom is -0.378 e. The summed E-state index contributed by atoms with van der Waals surface area (Å²) >= 11 is 0. The number of carbonyl (C=O) groups excluding carboxylic acids is 2. The molecule has 2 aromatic carbocycles. The number of hydrogen-bond donors (Lipinski definition) is 0. The van der Waals surface area contributed by atoms with Crippen LogP contribution >= 0.6 is 0 Å². The fourth-order valence-electron chi connectivity index (χ4n) is 2.43. The summed E-state index contributed by atoms with van der Waals surface area (Å²) in [5.74, 6) is 0.156. The number of nitrogens with zero attached hydrogens (tertiary/aromatic N) is 1. The lowest BCUT2D eigenvalue weighted by Gasteiger charge is -2.16. The first-order chi connectivity index (χ1) is 10.7. The van der Waals surface area contributed by atoms with Crippen LogP contribution in [0.25, 0.3) is 10.8 Å². The molecule has 0 N–H and O–H groups in total. The average molecular weight is 311 g/mol. The Bertz CT molecular complexity index is 739. The Morgan fingerprint density at radius 1 is 0.913 bits per heavy atom. The van der Waals surface area contributed by atoms with Gasteiger partial charge in [-0.15, -0.1) is 0 Å². The number of rotatable bonds is 5. The summed E-state index contributed by atoms with van der Waals surface area (Å²) in [4.78, 5) is 26.3. The first-order valence-corrected chi connectivity index (χ1v) is 7.96. The first kappa shape index (κ1) is 17.2. The zero-order valence-corrected chi connectivity index (χ0v) is 14.6. The molecule has 0 bridgehead atoms. The predicted octanol–water partition coefficient (Wildman–Crippen LogP) is 4.48. The molecule has 0 heterocycles. The molecule has 2 aromatic rings. The summed E-state index contributed by atoms with van der Waals surface area (Å²) in [7, 11) is 4.01. The molecule has 0 saturated carbocycles. The number of carbonyl (C=O) groups is 2. The van der Waals surface area contributed by atoms with Crippen LogP contribution in [0.3, 0.4) is 0 Å². The highest BCUT2D eigenvalue weighted by atomic mass is 16.1. The van der Waals surface area contributed by atoms with E-state index in [2.05, 4.69) is 11.0 Å². The Morgan fingerprint density at radius 3 is 2.13 bits per heavy atom. The number of hydrogen-bond acceptors (Lipinski definition) is 3. The minimum atomic E-state index is -0.383. The molecule has 0 saturated heterocycles. The molecule has 0 spiro atoms. The SMILES string of the molecule is CN(C)c1ccc2cc(C(=O)CCC(=O)C(C)(C)C)ccc2c1. The zero-order chi connectivity index (χ0) is 17.2. The molecule has 3 nitrogen and oxygen atoms in total. The number of ketones is 2. The van der Waals surface area contributed by atoms with Gasteiger partial charge in [-0.3, -0.25) is 9.59 Å². The van der Waals surface area contributed by atoms with Crippen LogP contribution in [0.4, 0.5) is 5.69 Å². The molecule has 0 unspecified atom stereocenters. The van der Waals surface area contributed by atoms with Crippen molar-refractivity contribution in [2.24, 2.45) is 5.41 Å². The molecule has 0 fully saturated rings. The van der Waals surface area contributed by atoms with E-state index in [0.29, 0.717) is 12.0 Å². The van der Waals surface area contributed by atoms with Crippen LogP contribution in [0.2, 0.25) is 0 Å². The van der Waals surface area contributed by atoms with Crippen molar-refractivity contribution in [3.63, 3.8) is 0 Å². The molecular formula is C20H25NO2. The van der Waals surface area contributed by atoms with Crippen LogP contribution in [-0.2, 0) is 4.79 Å². The van der Waals surface area contributed by atoms with E-state index >= 15 is 0 Å². The van der Waals surface area contributed by atoms with Gasteiger partial charge in [0, 0.05) is 43.6 Å². The Hall–Kier alpha value is -2.16. The quantitative estimate of drug-likeness (QED) is 0.764. The van der Waals surface area contributed by atoms with Crippen molar-refractivity contribution < 1.29 is 9.59 Å². The standard InChI is InChI=1S/C20H25NO2/c1-20(2,3)19(23)11-10-18(22)16-7-6-15-13-17(21(4)5)9-8-14(15)12-16/h6-9,12-13H,10-11H2,1-5H3. The van der Waals surface area contributed by atoms with E-state index in [0.717, 1.165) is 16.5 Å². The maximum atomic E-state index is 12.3. The van der Waals surface area contributed by atoms with Crippen molar-refractivity contribution in [1.82, 2.24) is 0 Å². The van der Waals surface area contributed by atoms with Crippen molar-refractivity contribution in [1.29, 1.82) is 0 Å². The number of Topliss-reactive ketones (excluding diaryl/α,β-unsaturated/α-hetero) is 2. The lowest BCUT2D eigenvalue weighted by Crippen LogP contribution is -2.20. The van der Waals surface area contributed by atoms with Crippen molar-refractivity contribution >= 4 is 28.0 Å². The van der Waals surface area contributed by atoms with Gasteiger partial charge in [0.2, 0.25) is 0 Å². The van der Waals surface area contributed by atoms with Crippen LogP contribution in [0.15, 0.2) is 36.4 Å². The molecule has 0 atom stereocenters. The third-order valence-electron chi connectivity index (χ3n) is 4.08. The van der Waals surface area contributed by atoms with E-state index in [-0.39, 0.29) is 23.4 Å². The highest BCUT2D eigenvalue weighted by molar-refractivity contribution is 6.02. The van der Waals surface area contributed by atoms with E-state index in [1.165, 1.54) is 0 Å². The molecule has 3 heteroatoms. The second-order valence-electron chi connectivity index (χ2n) is 7.24. The van der Waals surface area contributed by atoms with Gasteiger partial charge in [0.25, 0.3) is 0 Å². The van der Waals surface area contributed by atoms with Gasteiger partial charge in [-0.05, 0) is 29.0 Å². The van der Waals surface area contributed by atoms with Gasteiger partial charge in [-0.2, -0.15) is 0 Å². The predicted molar refractivity (Wildman–Crippen MR) is 96.3 cm³/mol. The van der Waals surface area contributed by atoms with Gasteiger partial charge in [0.1, 0.15) is 5.78 Å². The Morgan fingerprint density at radius 2 is 1.52 bits per heavy atom. The molecule has 0 aliphatic carbocycles. The van der Waals surface area contributed by atoms with Crippen LogP contribution in [-0.4, -0.2) is 25.7 Å². The van der Waals surface area contributed by atoms with Crippen molar-refractivity contribution in [2.75, 3.05) is 19.0 Å². The van der Waals surface area contributed by atoms with Gasteiger partial charge in [-0.1, -0.05) is 39.0 Å². The van der Waals surface area contributed by atoms with Crippen LogP contribution in [0.5, 0.6) is 0 Å². The summed E-state index contributed by atoms with van der Waals surface area (Å²) < 4.78 is 0. The number of anilines is 1. The van der Waals surface area contributed by atoms with Gasteiger partial charge in [0.05, 0.1) is 0 Å². The maximum Gasteiger partial charge on any atom is 0.163 e. The van der Waals surface area contributed by atoms with Crippen molar-refractivity contribution in [3.8, 4) is 0 Å². The Kier molecular flexibility index (Phi) is 4.88. The van der Waals surface area contributed by atoms with E-state index in [4.69, 9.17) is 0 Å². The normalized spacial score (nSPS) is 11.5. The second-order valence-corrected chi connectivity index (χ2v) is 7.24. The van der Waals surface area contributed by atoms with Crippen LogP contribution in [0.1, 0.15) is 44.0 Å². The van der Waals surface area contributed by atoms with Crippen molar-refractivity contribution in [3.05, 3.63) is 42.0 Å². The van der Waals surface area contributed by atoms with Gasteiger partial charge in [-0.25, -0.2) is 0 Å². The highest BCUT2D eigenvalue weighted by Gasteiger charge is 2.21. The van der Waals surface area contributed by atoms with E-state index in [1.807, 2.05) is 65.2 Å². The summed E-state index contributed by atoms with van der Waals surface area (Å²) in [6, 6.07) is 11.9. The lowest BCUT2D eigenvalue weighted by molar-refractivity contribution is -0.126. The average Bonchev–Trinajstić information content (AvgIpc) is 2.50. The first-order valence-electron chi connectivity index (χ1n) is 7.96. The molecule has 23 heavy (non-hydrogen) atoms. The van der Waals surface area contributed by atoms with E-state index < -0.39 is 0 Å². The second kappa shape index (κ2) is 6.53. The fourth-order valence-corrected chi connectivity index (χ4v) is 2.43. The largest absolute Gasteiger partial charge is 0.378 e. The van der Waals surface area contributed by atoms with Gasteiger partial charge < -0.3 is 4.90 Å². The minimum absolute atomic E-state index is 0.0289. The molecule has 0 amide bonds. The third kappa shape index (κ3) is 4.19. The van der Waals surface area contributed by atoms with Crippen LogP contribution < -0.4 is 4.90 Å². The molecule has 122 valence electrons. The van der Waals surface area contributed by atoms with Crippen molar-refractivity contribution in [2.45, 2.75) is 33.6 Å². The monoisotopic (exact) mass is 311 g/mol. The molecular weight excluding hydrogens is 286 g/mol. The van der Waals surface area contributed by atoms with E-state index in [1.54, 1.807) is 0 Å². The summed E-state index contributed by atoms with van der Waals surface area (Å²) in [5.41, 5.74) is 1.43. The number of benzene rings is 2. The zero-order valence-electron chi connectivity index (χ0n) is 14.6. The van der Waals surface area contributed by atoms with Gasteiger partial charge >= 0.3 is 0 Å². The maximum absolute atomic E-state index is 12.3. The van der Waals surface area contributed by atoms with Crippen LogP contribution in [0, 0.1) is 5.41 Å². The summed E-state index contributed by atoms with van der Waals surface area (Å²) in [6.45, 7) is 5.66. The molecule has 0 aromatic heterocycles. The molecule has 0 radical (unpaired) electrons. The lowest BCUT2D eigenvalue weighted by atomic mass is 9.87. The smallest absolute Gasteiger partial charge is 0.163 e. The van der Waals surface area contributed by atoms with E-state index in [9.17, 15) is 9.59 Å². The summed E-state index contributed by atoms with van der Waals surface area (Å²) in [5, 5.41) is 2.15. The molecule has 2 rings (SSSR count). The highest BCUT2D eigenvalue weighted by Crippen LogP contribution is 2.23. The number of fused-ring (bicyclic) bond motifs is 1. The Balaban J connectivity index is 2.15. The molecule has 0 aliphatic heterocycles. The van der Waals surface area contributed by atoms with Gasteiger partial charge in [0.15, 0.2) is 5.78 Å². The molecule has 0 aliphatic rings.